The number of hydrogen-bond donors (Lipinski definition) is 1. The van der Waals surface area contributed by atoms with E-state index in [4.69, 9.17) is 4.74 Å². The van der Waals surface area contributed by atoms with Gasteiger partial charge in [0.25, 0.3) is 0 Å². The molecule has 0 saturated heterocycles. The highest BCUT2D eigenvalue weighted by Gasteiger charge is 2.12. The van der Waals surface area contributed by atoms with Gasteiger partial charge in [-0.1, -0.05) is 0 Å². The summed E-state index contributed by atoms with van der Waals surface area (Å²) in [5, 5.41) is 10.7. The first-order chi connectivity index (χ1) is 8.52. The Kier molecular flexibility index (Phi) is 3.52. The Balaban J connectivity index is 2.61. The Hall–Kier alpha value is -1.62. The summed E-state index contributed by atoms with van der Waals surface area (Å²) in [4.78, 5) is 11.6. The first-order valence-electron chi connectivity index (χ1n) is 5.32. The molecule has 18 heavy (non-hydrogen) atoms. The van der Waals surface area contributed by atoms with Crippen LogP contribution in [0.1, 0.15) is 17.3 Å². The quantitative estimate of drug-likeness (QED) is 0.861. The molecule has 0 aromatic heterocycles. The van der Waals surface area contributed by atoms with Gasteiger partial charge in [-0.25, -0.2) is 9.18 Å². The number of phenolic OH excluding ortho intramolecular Hbond substituents is 1. The van der Waals surface area contributed by atoms with Gasteiger partial charge in [0.05, 0.1) is 16.6 Å². The number of rotatable bonds is 2. The van der Waals surface area contributed by atoms with E-state index in [0.29, 0.717) is 10.8 Å². The molecule has 5 heteroatoms. The third-order valence-electron chi connectivity index (χ3n) is 2.48. The minimum absolute atomic E-state index is 0.151. The van der Waals surface area contributed by atoms with Crippen molar-refractivity contribution < 1.29 is 19.0 Å². The van der Waals surface area contributed by atoms with Gasteiger partial charge in [-0.3, -0.25) is 0 Å². The molecule has 0 heterocycles. The SMILES string of the molecule is CCOC(=O)c1cc(O)c2cc(F)c(Br)cc2c1. The molecule has 0 bridgehead atoms. The summed E-state index contributed by atoms with van der Waals surface area (Å²) in [7, 11) is 0. The van der Waals surface area contributed by atoms with E-state index in [1.807, 2.05) is 0 Å². The number of ether oxygens (including phenoxy) is 1. The second-order valence-electron chi connectivity index (χ2n) is 3.70. The standard InChI is InChI=1S/C13H10BrFO3/c1-2-18-13(17)8-3-7-4-10(14)11(15)6-9(7)12(16)5-8/h3-6,16H,2H2,1H3. The van der Waals surface area contributed by atoms with E-state index in [9.17, 15) is 14.3 Å². The average molecular weight is 313 g/mol. The zero-order chi connectivity index (χ0) is 13.3. The van der Waals surface area contributed by atoms with Crippen LogP contribution in [-0.2, 0) is 4.74 Å². The molecular formula is C13H10BrFO3. The highest BCUT2D eigenvalue weighted by molar-refractivity contribution is 9.10. The van der Waals surface area contributed by atoms with Crippen LogP contribution in [0.15, 0.2) is 28.7 Å². The Bertz CT molecular complexity index is 625. The fourth-order valence-electron chi connectivity index (χ4n) is 1.67. The molecule has 0 aliphatic heterocycles. The van der Waals surface area contributed by atoms with Crippen molar-refractivity contribution in [3.63, 3.8) is 0 Å². The highest BCUT2D eigenvalue weighted by Crippen LogP contribution is 2.31. The maximum atomic E-state index is 13.4. The van der Waals surface area contributed by atoms with Crippen LogP contribution >= 0.6 is 15.9 Å². The third kappa shape index (κ3) is 2.31. The number of benzene rings is 2. The Labute approximate surface area is 111 Å². The molecule has 2 rings (SSSR count). The lowest BCUT2D eigenvalue weighted by atomic mass is 10.1. The van der Waals surface area contributed by atoms with E-state index in [2.05, 4.69) is 15.9 Å². The molecule has 0 amide bonds. The Morgan fingerprint density at radius 3 is 2.78 bits per heavy atom. The van der Waals surface area contributed by atoms with Gasteiger partial charge in [0.2, 0.25) is 0 Å². The molecular weight excluding hydrogens is 303 g/mol. The molecule has 94 valence electrons. The van der Waals surface area contributed by atoms with Crippen molar-refractivity contribution in [2.24, 2.45) is 0 Å². The molecule has 0 aliphatic carbocycles. The van der Waals surface area contributed by atoms with Crippen molar-refractivity contribution in [3.05, 3.63) is 40.1 Å². The minimum atomic E-state index is -0.518. The van der Waals surface area contributed by atoms with E-state index in [-0.39, 0.29) is 22.4 Å². The fourth-order valence-corrected chi connectivity index (χ4v) is 2.03. The average Bonchev–Trinajstić information content (AvgIpc) is 2.32. The molecule has 2 aromatic rings. The first-order valence-corrected chi connectivity index (χ1v) is 6.11. The minimum Gasteiger partial charge on any atom is -0.507 e. The zero-order valence-corrected chi connectivity index (χ0v) is 11.1. The Morgan fingerprint density at radius 1 is 1.39 bits per heavy atom. The number of esters is 1. The van der Waals surface area contributed by atoms with Gasteiger partial charge in [0.15, 0.2) is 0 Å². The predicted molar refractivity (Wildman–Crippen MR) is 69.2 cm³/mol. The van der Waals surface area contributed by atoms with Crippen LogP contribution in [0.3, 0.4) is 0 Å². The van der Waals surface area contributed by atoms with Crippen LogP contribution in [0.4, 0.5) is 4.39 Å². The van der Waals surface area contributed by atoms with Gasteiger partial charge in [-0.2, -0.15) is 0 Å². The van der Waals surface area contributed by atoms with Gasteiger partial charge in [0, 0.05) is 5.39 Å². The van der Waals surface area contributed by atoms with E-state index < -0.39 is 11.8 Å². The number of aromatic hydroxyl groups is 1. The summed E-state index contributed by atoms with van der Waals surface area (Å²) in [6, 6.07) is 5.54. The van der Waals surface area contributed by atoms with Crippen LogP contribution in [0, 0.1) is 5.82 Å². The van der Waals surface area contributed by atoms with Crippen molar-refractivity contribution in [1.29, 1.82) is 0 Å². The van der Waals surface area contributed by atoms with Crippen LogP contribution in [0.2, 0.25) is 0 Å². The van der Waals surface area contributed by atoms with Crippen LogP contribution in [0.5, 0.6) is 5.75 Å². The first kappa shape index (κ1) is 12.8. The number of hydrogen-bond acceptors (Lipinski definition) is 3. The number of fused-ring (bicyclic) bond motifs is 1. The van der Waals surface area contributed by atoms with E-state index in [1.54, 1.807) is 13.0 Å². The van der Waals surface area contributed by atoms with E-state index in [1.165, 1.54) is 18.2 Å². The number of carbonyl (C=O) groups excluding carboxylic acids is 1. The molecule has 3 nitrogen and oxygen atoms in total. The van der Waals surface area contributed by atoms with Crippen molar-refractivity contribution in [3.8, 4) is 5.75 Å². The van der Waals surface area contributed by atoms with E-state index >= 15 is 0 Å². The summed E-state index contributed by atoms with van der Waals surface area (Å²) in [6.07, 6.45) is 0. The van der Waals surface area contributed by atoms with Gasteiger partial charge < -0.3 is 9.84 Å². The maximum Gasteiger partial charge on any atom is 0.338 e. The summed E-state index contributed by atoms with van der Waals surface area (Å²) < 4.78 is 18.5. The van der Waals surface area contributed by atoms with Gasteiger partial charge in [-0.05, 0) is 52.5 Å². The monoisotopic (exact) mass is 312 g/mol. The summed E-state index contributed by atoms with van der Waals surface area (Å²) in [6.45, 7) is 1.95. The molecule has 0 unspecified atom stereocenters. The fraction of sp³-hybridized carbons (Fsp3) is 0.154. The lowest BCUT2D eigenvalue weighted by Crippen LogP contribution is -2.04. The number of phenols is 1. The second kappa shape index (κ2) is 4.94. The summed E-state index contributed by atoms with van der Waals surface area (Å²) in [5.74, 6) is -1.14. The predicted octanol–water partition coefficient (Wildman–Crippen LogP) is 3.62. The maximum absolute atomic E-state index is 13.4. The third-order valence-corrected chi connectivity index (χ3v) is 3.09. The zero-order valence-electron chi connectivity index (χ0n) is 9.54. The molecule has 0 atom stereocenters. The number of carbonyl (C=O) groups is 1. The molecule has 0 spiro atoms. The van der Waals surface area contributed by atoms with Crippen molar-refractivity contribution >= 4 is 32.7 Å². The normalized spacial score (nSPS) is 10.6. The highest BCUT2D eigenvalue weighted by atomic mass is 79.9. The topological polar surface area (TPSA) is 46.5 Å². The summed E-state index contributed by atoms with van der Waals surface area (Å²) >= 11 is 3.06. The lowest BCUT2D eigenvalue weighted by Gasteiger charge is -2.07. The molecule has 0 fully saturated rings. The molecule has 0 aliphatic rings. The lowest BCUT2D eigenvalue weighted by molar-refractivity contribution is 0.0526. The van der Waals surface area contributed by atoms with Crippen molar-refractivity contribution in [2.75, 3.05) is 6.61 Å². The molecule has 1 N–H and O–H groups in total. The van der Waals surface area contributed by atoms with E-state index in [0.717, 1.165) is 0 Å². The van der Waals surface area contributed by atoms with Gasteiger partial charge in [0.1, 0.15) is 11.6 Å². The second-order valence-corrected chi connectivity index (χ2v) is 4.56. The van der Waals surface area contributed by atoms with Crippen LogP contribution < -0.4 is 0 Å². The summed E-state index contributed by atoms with van der Waals surface area (Å²) in [5.41, 5.74) is 0.236. The van der Waals surface area contributed by atoms with Crippen molar-refractivity contribution in [1.82, 2.24) is 0 Å². The molecule has 0 radical (unpaired) electrons. The van der Waals surface area contributed by atoms with Gasteiger partial charge in [-0.15, -0.1) is 0 Å². The Morgan fingerprint density at radius 2 is 2.11 bits per heavy atom. The van der Waals surface area contributed by atoms with Crippen LogP contribution in [-0.4, -0.2) is 17.7 Å². The largest absolute Gasteiger partial charge is 0.507 e. The molecule has 2 aromatic carbocycles. The number of halogens is 2. The van der Waals surface area contributed by atoms with Crippen LogP contribution in [0.25, 0.3) is 10.8 Å². The van der Waals surface area contributed by atoms with Gasteiger partial charge >= 0.3 is 5.97 Å². The molecule has 0 saturated carbocycles. The van der Waals surface area contributed by atoms with Crippen molar-refractivity contribution in [2.45, 2.75) is 6.92 Å². The smallest absolute Gasteiger partial charge is 0.338 e.